The Bertz CT molecular complexity index is 251. The van der Waals surface area contributed by atoms with Crippen molar-refractivity contribution in [2.75, 3.05) is 0 Å². The average Bonchev–Trinajstić information content (AvgIpc) is 2.23. The van der Waals surface area contributed by atoms with E-state index in [1.807, 2.05) is 13.0 Å². The largest absolute Gasteiger partial charge is 0.390 e. The third kappa shape index (κ3) is 3.01. The first-order valence-electron chi connectivity index (χ1n) is 5.00. The average molecular weight is 194 g/mol. The number of aliphatic hydroxyl groups is 1. The van der Waals surface area contributed by atoms with E-state index in [2.05, 4.69) is 6.07 Å². The highest BCUT2D eigenvalue weighted by Crippen LogP contribution is 2.31. The molecule has 3 heteroatoms. The van der Waals surface area contributed by atoms with Gasteiger partial charge in [0.25, 0.3) is 0 Å². The summed E-state index contributed by atoms with van der Waals surface area (Å²) in [6, 6.07) is 4.11. The van der Waals surface area contributed by atoms with Gasteiger partial charge in [-0.05, 0) is 20.3 Å². The highest BCUT2D eigenvalue weighted by Gasteiger charge is 2.36. The topological polar surface area (TPSA) is 67.8 Å². The first-order valence-corrected chi connectivity index (χ1v) is 5.00. The SMILES string of the molecule is CCCCC(C)(C#N)C(O)C(C)C#N. The molecule has 0 aliphatic heterocycles. The second-order valence-corrected chi connectivity index (χ2v) is 4.00. The van der Waals surface area contributed by atoms with Crippen LogP contribution < -0.4 is 0 Å². The second kappa shape index (κ2) is 5.62. The van der Waals surface area contributed by atoms with Gasteiger partial charge in [-0.15, -0.1) is 0 Å². The van der Waals surface area contributed by atoms with Gasteiger partial charge in [0.2, 0.25) is 0 Å². The fourth-order valence-electron chi connectivity index (χ4n) is 1.44. The number of rotatable bonds is 5. The molecule has 3 nitrogen and oxygen atoms in total. The van der Waals surface area contributed by atoms with Gasteiger partial charge in [0.05, 0.1) is 29.6 Å². The monoisotopic (exact) mass is 194 g/mol. The minimum Gasteiger partial charge on any atom is -0.390 e. The first kappa shape index (κ1) is 12.9. The van der Waals surface area contributed by atoms with Gasteiger partial charge in [0.15, 0.2) is 0 Å². The molecule has 0 saturated carbocycles. The van der Waals surface area contributed by atoms with Crippen molar-refractivity contribution in [3.8, 4) is 12.1 Å². The molecule has 0 rings (SSSR count). The maximum Gasteiger partial charge on any atom is 0.0878 e. The molecular weight excluding hydrogens is 176 g/mol. The summed E-state index contributed by atoms with van der Waals surface area (Å²) in [5, 5.41) is 27.5. The quantitative estimate of drug-likeness (QED) is 0.729. The number of hydrogen-bond donors (Lipinski definition) is 1. The third-order valence-electron chi connectivity index (χ3n) is 2.64. The van der Waals surface area contributed by atoms with E-state index in [0.29, 0.717) is 6.42 Å². The normalized spacial score (nSPS) is 18.7. The first-order chi connectivity index (χ1) is 6.51. The van der Waals surface area contributed by atoms with Crippen molar-refractivity contribution < 1.29 is 5.11 Å². The molecule has 0 radical (unpaired) electrons. The molecule has 0 amide bonds. The summed E-state index contributed by atoms with van der Waals surface area (Å²) in [7, 11) is 0. The van der Waals surface area contributed by atoms with Crippen LogP contribution in [0.15, 0.2) is 0 Å². The summed E-state index contributed by atoms with van der Waals surface area (Å²) >= 11 is 0. The summed E-state index contributed by atoms with van der Waals surface area (Å²) in [6.45, 7) is 5.41. The Balaban J connectivity index is 4.54. The predicted octanol–water partition coefficient (Wildman–Crippen LogP) is 2.23. The summed E-state index contributed by atoms with van der Waals surface area (Å²) < 4.78 is 0. The Morgan fingerprint density at radius 3 is 2.36 bits per heavy atom. The highest BCUT2D eigenvalue weighted by molar-refractivity contribution is 5.05. The van der Waals surface area contributed by atoms with E-state index in [4.69, 9.17) is 10.5 Å². The van der Waals surface area contributed by atoms with E-state index in [9.17, 15) is 5.11 Å². The molecule has 0 saturated heterocycles. The molecule has 0 bridgehead atoms. The van der Waals surface area contributed by atoms with E-state index in [1.54, 1.807) is 13.8 Å². The maximum atomic E-state index is 9.82. The highest BCUT2D eigenvalue weighted by atomic mass is 16.3. The van der Waals surface area contributed by atoms with E-state index in [0.717, 1.165) is 12.8 Å². The van der Waals surface area contributed by atoms with Crippen molar-refractivity contribution in [3.05, 3.63) is 0 Å². The minimum atomic E-state index is -0.857. The van der Waals surface area contributed by atoms with E-state index in [-0.39, 0.29) is 0 Å². The molecule has 0 aliphatic rings. The Morgan fingerprint density at radius 2 is 2.00 bits per heavy atom. The Morgan fingerprint density at radius 1 is 1.43 bits per heavy atom. The lowest BCUT2D eigenvalue weighted by Crippen LogP contribution is -2.35. The van der Waals surface area contributed by atoms with Gasteiger partial charge in [-0.1, -0.05) is 19.8 Å². The minimum absolute atomic E-state index is 0.489. The summed E-state index contributed by atoms with van der Waals surface area (Å²) in [5.74, 6) is -0.489. The number of aliphatic hydroxyl groups excluding tert-OH is 1. The molecule has 0 heterocycles. The molecule has 0 aromatic heterocycles. The van der Waals surface area contributed by atoms with Crippen LogP contribution in [0.2, 0.25) is 0 Å². The van der Waals surface area contributed by atoms with E-state index < -0.39 is 17.4 Å². The van der Waals surface area contributed by atoms with Gasteiger partial charge in [-0.25, -0.2) is 0 Å². The van der Waals surface area contributed by atoms with Gasteiger partial charge in [-0.3, -0.25) is 0 Å². The van der Waals surface area contributed by atoms with Crippen molar-refractivity contribution in [3.63, 3.8) is 0 Å². The van der Waals surface area contributed by atoms with Crippen molar-refractivity contribution in [1.82, 2.24) is 0 Å². The lowest BCUT2D eigenvalue weighted by Gasteiger charge is -2.28. The van der Waals surface area contributed by atoms with Gasteiger partial charge in [0, 0.05) is 0 Å². The van der Waals surface area contributed by atoms with Gasteiger partial charge >= 0.3 is 0 Å². The fourth-order valence-corrected chi connectivity index (χ4v) is 1.44. The zero-order valence-corrected chi connectivity index (χ0v) is 9.12. The van der Waals surface area contributed by atoms with Gasteiger partial charge in [0.1, 0.15) is 0 Å². The van der Waals surface area contributed by atoms with Crippen LogP contribution >= 0.6 is 0 Å². The van der Waals surface area contributed by atoms with Crippen LogP contribution in [-0.2, 0) is 0 Å². The number of unbranched alkanes of at least 4 members (excludes halogenated alkanes) is 1. The summed E-state index contributed by atoms with van der Waals surface area (Å²) in [4.78, 5) is 0. The zero-order valence-electron chi connectivity index (χ0n) is 9.12. The maximum absolute atomic E-state index is 9.82. The Kier molecular flexibility index (Phi) is 5.20. The lowest BCUT2D eigenvalue weighted by molar-refractivity contribution is 0.0408. The molecule has 3 atom stereocenters. The molecule has 78 valence electrons. The molecule has 3 unspecified atom stereocenters. The van der Waals surface area contributed by atoms with Crippen LogP contribution in [0.3, 0.4) is 0 Å². The predicted molar refractivity (Wildman–Crippen MR) is 54.0 cm³/mol. The zero-order chi connectivity index (χ0) is 11.2. The standard InChI is InChI=1S/C11H18N2O/c1-4-5-6-11(3,8-13)10(14)9(2)7-12/h9-10,14H,4-6H2,1-3H3. The van der Waals surface area contributed by atoms with Crippen LogP contribution in [0.4, 0.5) is 0 Å². The molecule has 14 heavy (non-hydrogen) atoms. The number of nitrogens with zero attached hydrogens (tertiary/aromatic N) is 2. The van der Waals surface area contributed by atoms with Crippen LogP contribution in [0.5, 0.6) is 0 Å². The molecule has 0 aromatic rings. The fraction of sp³-hybridized carbons (Fsp3) is 0.818. The van der Waals surface area contributed by atoms with Crippen molar-refractivity contribution in [2.24, 2.45) is 11.3 Å². The van der Waals surface area contributed by atoms with Crippen LogP contribution in [0.1, 0.15) is 40.0 Å². The Labute approximate surface area is 86.0 Å². The second-order valence-electron chi connectivity index (χ2n) is 4.00. The molecular formula is C11H18N2O. The van der Waals surface area contributed by atoms with E-state index in [1.165, 1.54) is 0 Å². The Hall–Kier alpha value is -1.06. The van der Waals surface area contributed by atoms with E-state index >= 15 is 0 Å². The lowest BCUT2D eigenvalue weighted by atomic mass is 9.76. The van der Waals surface area contributed by atoms with Crippen LogP contribution in [-0.4, -0.2) is 11.2 Å². The van der Waals surface area contributed by atoms with Gasteiger partial charge in [-0.2, -0.15) is 10.5 Å². The van der Waals surface area contributed by atoms with Crippen molar-refractivity contribution in [2.45, 2.75) is 46.1 Å². The molecule has 0 aromatic carbocycles. The van der Waals surface area contributed by atoms with Crippen LogP contribution in [0.25, 0.3) is 0 Å². The molecule has 1 N–H and O–H groups in total. The molecule has 0 spiro atoms. The summed E-state index contributed by atoms with van der Waals surface area (Å²) in [6.07, 6.45) is 1.68. The molecule has 0 aliphatic carbocycles. The van der Waals surface area contributed by atoms with Gasteiger partial charge < -0.3 is 5.11 Å². The number of nitriles is 2. The smallest absolute Gasteiger partial charge is 0.0878 e. The third-order valence-corrected chi connectivity index (χ3v) is 2.64. The van der Waals surface area contributed by atoms with Crippen molar-refractivity contribution >= 4 is 0 Å². The van der Waals surface area contributed by atoms with Crippen molar-refractivity contribution in [1.29, 1.82) is 10.5 Å². The van der Waals surface area contributed by atoms with Crippen LogP contribution in [0, 0.1) is 34.0 Å². The number of hydrogen-bond acceptors (Lipinski definition) is 3. The molecule has 0 fully saturated rings. The summed E-state index contributed by atoms with van der Waals surface area (Å²) in [5.41, 5.74) is -0.787.